The minimum atomic E-state index is -4.37. The maximum atomic E-state index is 12.6. The first-order chi connectivity index (χ1) is 21.0. The van der Waals surface area contributed by atoms with E-state index in [0.29, 0.717) is 11.1 Å². The van der Waals surface area contributed by atoms with Crippen molar-refractivity contribution in [2.45, 2.75) is 12.4 Å². The topological polar surface area (TPSA) is 74.7 Å². The van der Waals surface area contributed by atoms with Gasteiger partial charge in [0, 0.05) is 22.3 Å². The molecule has 0 amide bonds. The Morgan fingerprint density at radius 3 is 1.09 bits per heavy atom. The lowest BCUT2D eigenvalue weighted by atomic mass is 10.1. The van der Waals surface area contributed by atoms with Crippen molar-refractivity contribution in [2.24, 2.45) is 10.3 Å². The van der Waals surface area contributed by atoms with Crippen molar-refractivity contribution in [2.75, 3.05) is 14.2 Å². The molecule has 0 radical (unpaired) electrons. The van der Waals surface area contributed by atoms with Gasteiger partial charge in [-0.05, 0) is 60.4 Å². The summed E-state index contributed by atoms with van der Waals surface area (Å²) >= 11 is 0. The van der Waals surface area contributed by atoms with Crippen molar-refractivity contribution in [3.8, 4) is 23.7 Å². The highest BCUT2D eigenvalue weighted by atomic mass is 19.4. The molecule has 0 aliphatic rings. The van der Waals surface area contributed by atoms with E-state index in [-0.39, 0.29) is 16.9 Å². The maximum Gasteiger partial charge on any atom is 0.416 e. The van der Waals surface area contributed by atoms with Gasteiger partial charge in [0.1, 0.15) is 14.2 Å². The quantitative estimate of drug-likeness (QED) is 0.103. The van der Waals surface area contributed by atoms with Gasteiger partial charge in [-0.15, -0.1) is 0 Å². The highest BCUT2D eigenvalue weighted by molar-refractivity contribution is 6.13. The van der Waals surface area contributed by atoms with Crippen LogP contribution in [0.25, 0.3) is 0 Å². The van der Waals surface area contributed by atoms with Crippen molar-refractivity contribution in [3.63, 3.8) is 0 Å². The zero-order valence-corrected chi connectivity index (χ0v) is 23.9. The number of alkyl halides is 6. The molecule has 0 aliphatic carbocycles. The molecule has 0 saturated heterocycles. The molecule has 5 nitrogen and oxygen atoms in total. The Labute approximate surface area is 256 Å². The third-order valence-corrected chi connectivity index (χ3v) is 5.53. The average molecular weight is 625 g/mol. The fourth-order valence-corrected chi connectivity index (χ4v) is 3.42. The van der Waals surface area contributed by atoms with Crippen LogP contribution in [0.4, 0.5) is 26.3 Å². The van der Waals surface area contributed by atoms with Crippen LogP contribution < -0.4 is 0 Å². The summed E-state index contributed by atoms with van der Waals surface area (Å²) in [7, 11) is 2.71. The molecule has 4 rings (SSSR count). The number of benzene rings is 4. The van der Waals surface area contributed by atoms with Gasteiger partial charge in [0.2, 0.25) is 0 Å². The Hall–Kier alpha value is -5.52. The van der Waals surface area contributed by atoms with E-state index in [1.807, 2.05) is 60.7 Å². The lowest BCUT2D eigenvalue weighted by Crippen LogP contribution is -2.06. The van der Waals surface area contributed by atoms with Gasteiger partial charge in [-0.1, -0.05) is 82.8 Å². The second-order valence-corrected chi connectivity index (χ2v) is 8.63. The number of hydrogen-bond acceptors (Lipinski definition) is 4. The molecule has 2 N–H and O–H groups in total. The first-order valence-electron chi connectivity index (χ1n) is 12.7. The molecule has 0 spiro atoms. The predicted octanol–water partition coefficient (Wildman–Crippen LogP) is 7.39. The zero-order chi connectivity index (χ0) is 32.0. The van der Waals surface area contributed by atoms with Crippen LogP contribution in [-0.4, -0.2) is 31.1 Å². The van der Waals surface area contributed by atoms with Gasteiger partial charge in [-0.2, -0.15) is 26.3 Å². The van der Waals surface area contributed by atoms with Crippen molar-refractivity contribution in [3.05, 3.63) is 143 Å². The lowest BCUT2D eigenvalue weighted by Gasteiger charge is -2.06. The van der Waals surface area contributed by atoms with Crippen molar-refractivity contribution >= 4 is 11.4 Å². The van der Waals surface area contributed by atoms with Gasteiger partial charge in [0.05, 0.1) is 11.1 Å². The Morgan fingerprint density at radius 1 is 0.511 bits per heavy atom. The summed E-state index contributed by atoms with van der Waals surface area (Å²) in [5.41, 5.74) is 1.56. The fraction of sp³-hybridized carbons (Fsp3) is 0.118. The van der Waals surface area contributed by atoms with E-state index < -0.39 is 23.5 Å². The van der Waals surface area contributed by atoms with Gasteiger partial charge in [-0.3, -0.25) is 0 Å². The summed E-state index contributed by atoms with van der Waals surface area (Å²) in [6.45, 7) is 0. The molecule has 4 aromatic carbocycles. The van der Waals surface area contributed by atoms with E-state index in [9.17, 15) is 26.3 Å². The Morgan fingerprint density at radius 2 is 0.822 bits per heavy atom. The molecule has 0 bridgehead atoms. The highest BCUT2D eigenvalue weighted by Crippen LogP contribution is 2.30. The van der Waals surface area contributed by atoms with Crippen LogP contribution in [-0.2, 0) is 22.0 Å². The first kappa shape index (κ1) is 35.7. The van der Waals surface area contributed by atoms with Gasteiger partial charge in [-0.25, -0.2) is 0 Å². The summed E-state index contributed by atoms with van der Waals surface area (Å²) in [6.07, 6.45) is -8.74. The minimum absolute atomic E-state index is 0. The van der Waals surface area contributed by atoms with Crippen LogP contribution in [0.15, 0.2) is 120 Å². The van der Waals surface area contributed by atoms with Crippen molar-refractivity contribution < 1.29 is 41.5 Å². The molecule has 0 aromatic heterocycles. The van der Waals surface area contributed by atoms with Gasteiger partial charge in [0.25, 0.3) is 0 Å². The number of rotatable bonds is 4. The van der Waals surface area contributed by atoms with Crippen LogP contribution >= 0.6 is 0 Å². The predicted molar refractivity (Wildman–Crippen MR) is 160 cm³/mol. The standard InChI is InChI=1S/2C17H12F3NO.H2O/c2*1-22-21-16(12-7-13-5-3-2-4-6-13)14-8-10-15(11-9-14)17(18,19)20;/h2*2-6,8-11H,1H3;1H2. The molecule has 232 valence electrons. The van der Waals surface area contributed by atoms with E-state index in [1.54, 1.807) is 0 Å². The second kappa shape index (κ2) is 16.9. The molecule has 11 heteroatoms. The molecule has 4 aromatic rings. The molecule has 0 saturated carbocycles. The third kappa shape index (κ3) is 11.6. The van der Waals surface area contributed by atoms with Crippen LogP contribution in [0.2, 0.25) is 0 Å². The first-order valence-corrected chi connectivity index (χ1v) is 12.7. The van der Waals surface area contributed by atoms with Crippen LogP contribution in [0.5, 0.6) is 0 Å². The zero-order valence-electron chi connectivity index (χ0n) is 23.9. The average Bonchev–Trinajstić information content (AvgIpc) is 3.02. The summed E-state index contributed by atoms with van der Waals surface area (Å²) < 4.78 is 75.3. The van der Waals surface area contributed by atoms with Gasteiger partial charge < -0.3 is 15.2 Å². The fourth-order valence-electron chi connectivity index (χ4n) is 3.42. The molecule has 0 aliphatic heterocycles. The van der Waals surface area contributed by atoms with E-state index in [1.165, 1.54) is 38.5 Å². The molecule has 0 unspecified atom stereocenters. The summed E-state index contributed by atoms with van der Waals surface area (Å²) in [4.78, 5) is 9.42. The smallest absolute Gasteiger partial charge is 0.412 e. The van der Waals surface area contributed by atoms with E-state index in [0.717, 1.165) is 35.4 Å². The van der Waals surface area contributed by atoms with E-state index in [2.05, 4.69) is 34.0 Å². The molecular formula is C34H26F6N2O3. The van der Waals surface area contributed by atoms with Crippen LogP contribution in [0, 0.1) is 23.7 Å². The van der Waals surface area contributed by atoms with Crippen LogP contribution in [0.1, 0.15) is 33.4 Å². The summed E-state index contributed by atoms with van der Waals surface area (Å²) in [5, 5.41) is 7.53. The van der Waals surface area contributed by atoms with Crippen LogP contribution in [0.3, 0.4) is 0 Å². The summed E-state index contributed by atoms with van der Waals surface area (Å²) in [6, 6.07) is 27.6. The van der Waals surface area contributed by atoms with Crippen molar-refractivity contribution in [1.29, 1.82) is 0 Å². The Kier molecular flexibility index (Phi) is 13.4. The number of halogens is 6. The normalized spacial score (nSPS) is 11.3. The molecule has 0 fully saturated rings. The highest BCUT2D eigenvalue weighted by Gasteiger charge is 2.30. The minimum Gasteiger partial charge on any atom is -0.412 e. The molecule has 45 heavy (non-hydrogen) atoms. The van der Waals surface area contributed by atoms with Gasteiger partial charge in [0.15, 0.2) is 11.4 Å². The Balaban J connectivity index is 0.000000307. The maximum absolute atomic E-state index is 12.6. The monoisotopic (exact) mass is 624 g/mol. The summed E-state index contributed by atoms with van der Waals surface area (Å²) in [5.74, 6) is 11.4. The van der Waals surface area contributed by atoms with Crippen molar-refractivity contribution in [1.82, 2.24) is 0 Å². The number of hydrogen-bond donors (Lipinski definition) is 0. The molecular weight excluding hydrogens is 598 g/mol. The molecule has 0 atom stereocenters. The second-order valence-electron chi connectivity index (χ2n) is 8.63. The van der Waals surface area contributed by atoms with E-state index >= 15 is 0 Å². The largest absolute Gasteiger partial charge is 0.416 e. The lowest BCUT2D eigenvalue weighted by molar-refractivity contribution is -0.138. The number of nitrogens with zero attached hydrogens (tertiary/aromatic N) is 2. The third-order valence-electron chi connectivity index (χ3n) is 5.53. The van der Waals surface area contributed by atoms with Gasteiger partial charge >= 0.3 is 12.4 Å². The number of oxime groups is 2. The Bertz CT molecular complexity index is 1550. The SMILES string of the molecule is CON=C(C#Cc1ccccc1)c1ccc(C(F)(F)F)cc1.CON=C(C#Cc1ccccc1)c1ccc(C(F)(F)F)cc1.O. The molecule has 0 heterocycles. The van der Waals surface area contributed by atoms with E-state index in [4.69, 9.17) is 9.68 Å².